The van der Waals surface area contributed by atoms with E-state index in [1.54, 1.807) is 4.90 Å². The van der Waals surface area contributed by atoms with Crippen molar-refractivity contribution in [3.8, 4) is 0 Å². The quantitative estimate of drug-likeness (QED) is 0.605. The van der Waals surface area contributed by atoms with Gasteiger partial charge in [-0.3, -0.25) is 24.2 Å². The highest BCUT2D eigenvalue weighted by Crippen LogP contribution is 2.15. The van der Waals surface area contributed by atoms with Gasteiger partial charge in [0.05, 0.1) is 13.0 Å². The Kier molecular flexibility index (Phi) is 8.50. The van der Waals surface area contributed by atoms with Crippen molar-refractivity contribution in [1.82, 2.24) is 20.0 Å². The Bertz CT molecular complexity index is 1000. The van der Waals surface area contributed by atoms with Crippen LogP contribution in [0.5, 0.6) is 0 Å². The molecule has 0 aromatic heterocycles. The molecule has 0 radical (unpaired) electrons. The van der Waals surface area contributed by atoms with Gasteiger partial charge in [0.1, 0.15) is 6.04 Å². The number of aryl methyl sites for hydroxylation is 1. The van der Waals surface area contributed by atoms with Crippen molar-refractivity contribution < 1.29 is 14.4 Å². The molecule has 2 aromatic rings. The number of nitrogens with one attached hydrogen (secondary N) is 2. The standard InChI is InChI=1S/C27H35N5O3/c1-2-21-8-10-23(11-9-21)29-25(33)18-24-27(35)28-12-13-32(24)26(34)20-31-16-14-30(15-17-31)19-22-6-4-3-5-7-22/h3-11,24H,2,12-20H2,1H3,(H,28,35)(H,29,33)/t24-/m0/s1. The molecule has 2 aromatic carbocycles. The van der Waals surface area contributed by atoms with E-state index in [9.17, 15) is 14.4 Å². The summed E-state index contributed by atoms with van der Waals surface area (Å²) in [5.74, 6) is -0.640. The number of hydrogen-bond acceptors (Lipinski definition) is 5. The predicted molar refractivity (Wildman–Crippen MR) is 136 cm³/mol. The normalized spacial score (nSPS) is 19.3. The zero-order chi connectivity index (χ0) is 24.6. The summed E-state index contributed by atoms with van der Waals surface area (Å²) in [4.78, 5) is 44.5. The maximum absolute atomic E-state index is 13.2. The first-order valence-electron chi connectivity index (χ1n) is 12.5. The first kappa shape index (κ1) is 24.9. The number of anilines is 1. The average molecular weight is 478 g/mol. The summed E-state index contributed by atoms with van der Waals surface area (Å²) in [5, 5.41) is 5.65. The van der Waals surface area contributed by atoms with Crippen LogP contribution >= 0.6 is 0 Å². The number of rotatable bonds is 8. The third-order valence-electron chi connectivity index (χ3n) is 6.75. The Morgan fingerprint density at radius 1 is 0.914 bits per heavy atom. The molecule has 2 heterocycles. The molecule has 8 nitrogen and oxygen atoms in total. The fraction of sp³-hybridized carbons (Fsp3) is 0.444. The van der Waals surface area contributed by atoms with Gasteiger partial charge in [-0.15, -0.1) is 0 Å². The minimum atomic E-state index is -0.787. The van der Waals surface area contributed by atoms with Crippen molar-refractivity contribution in [3.05, 3.63) is 65.7 Å². The van der Waals surface area contributed by atoms with Gasteiger partial charge < -0.3 is 15.5 Å². The SMILES string of the molecule is CCc1ccc(NC(=O)C[C@H]2C(=O)NCCN2C(=O)CN2CCN(Cc3ccccc3)CC2)cc1. The molecule has 2 N–H and O–H groups in total. The fourth-order valence-electron chi connectivity index (χ4n) is 4.66. The van der Waals surface area contributed by atoms with Crippen LogP contribution in [0.15, 0.2) is 54.6 Å². The minimum absolute atomic E-state index is 0.0576. The number of carbonyl (C=O) groups excluding carboxylic acids is 3. The summed E-state index contributed by atoms with van der Waals surface area (Å²) in [6.45, 7) is 7.47. The molecule has 186 valence electrons. The van der Waals surface area contributed by atoms with Gasteiger partial charge in [0, 0.05) is 51.5 Å². The van der Waals surface area contributed by atoms with E-state index in [0.717, 1.165) is 39.1 Å². The van der Waals surface area contributed by atoms with E-state index in [0.29, 0.717) is 18.8 Å². The molecule has 2 aliphatic rings. The van der Waals surface area contributed by atoms with Crippen LogP contribution in [0.4, 0.5) is 5.69 Å². The van der Waals surface area contributed by atoms with Gasteiger partial charge in [-0.1, -0.05) is 49.4 Å². The van der Waals surface area contributed by atoms with E-state index in [1.807, 2.05) is 30.3 Å². The first-order chi connectivity index (χ1) is 17.0. The number of benzene rings is 2. The van der Waals surface area contributed by atoms with Crippen LogP contribution < -0.4 is 10.6 Å². The third kappa shape index (κ3) is 6.90. The van der Waals surface area contributed by atoms with Gasteiger partial charge in [-0.05, 0) is 29.7 Å². The summed E-state index contributed by atoms with van der Waals surface area (Å²) < 4.78 is 0. The number of hydrogen-bond donors (Lipinski definition) is 2. The molecular weight excluding hydrogens is 442 g/mol. The molecule has 2 saturated heterocycles. The molecule has 1 atom stereocenters. The van der Waals surface area contributed by atoms with Crippen molar-refractivity contribution in [1.29, 1.82) is 0 Å². The number of amides is 3. The third-order valence-corrected chi connectivity index (χ3v) is 6.75. The molecule has 4 rings (SSSR count). The van der Waals surface area contributed by atoms with E-state index in [2.05, 4.69) is 51.6 Å². The predicted octanol–water partition coefficient (Wildman–Crippen LogP) is 1.72. The molecular formula is C27H35N5O3. The van der Waals surface area contributed by atoms with Crippen LogP contribution in [-0.4, -0.2) is 84.3 Å². The Morgan fingerprint density at radius 2 is 1.60 bits per heavy atom. The summed E-state index contributed by atoms with van der Waals surface area (Å²) in [7, 11) is 0. The second-order valence-corrected chi connectivity index (χ2v) is 9.23. The molecule has 0 saturated carbocycles. The Balaban J connectivity index is 1.28. The molecule has 0 aliphatic carbocycles. The summed E-state index contributed by atoms with van der Waals surface area (Å²) in [6.07, 6.45) is 0.869. The second kappa shape index (κ2) is 12.0. The number of carbonyl (C=O) groups is 3. The van der Waals surface area contributed by atoms with Gasteiger partial charge in [-0.2, -0.15) is 0 Å². The van der Waals surface area contributed by atoms with E-state index < -0.39 is 6.04 Å². The number of nitrogens with zero attached hydrogens (tertiary/aromatic N) is 3. The Labute approximate surface area is 207 Å². The van der Waals surface area contributed by atoms with Gasteiger partial charge in [0.15, 0.2) is 0 Å². The van der Waals surface area contributed by atoms with E-state index in [4.69, 9.17) is 0 Å². The Morgan fingerprint density at radius 3 is 2.29 bits per heavy atom. The van der Waals surface area contributed by atoms with Crippen LogP contribution in [0.25, 0.3) is 0 Å². The zero-order valence-corrected chi connectivity index (χ0v) is 20.4. The molecule has 0 unspecified atom stereocenters. The maximum Gasteiger partial charge on any atom is 0.243 e. The highest BCUT2D eigenvalue weighted by atomic mass is 16.2. The lowest BCUT2D eigenvalue weighted by molar-refractivity contribution is -0.145. The molecule has 3 amide bonds. The van der Waals surface area contributed by atoms with Crippen molar-refractivity contribution >= 4 is 23.4 Å². The largest absolute Gasteiger partial charge is 0.353 e. The number of piperazine rings is 2. The van der Waals surface area contributed by atoms with Gasteiger partial charge in [0.25, 0.3) is 0 Å². The lowest BCUT2D eigenvalue weighted by Gasteiger charge is -2.38. The van der Waals surface area contributed by atoms with Crippen molar-refractivity contribution in [3.63, 3.8) is 0 Å². The lowest BCUT2D eigenvalue weighted by Crippen LogP contribution is -2.60. The van der Waals surface area contributed by atoms with E-state index in [-0.39, 0.29) is 30.7 Å². The zero-order valence-electron chi connectivity index (χ0n) is 20.4. The van der Waals surface area contributed by atoms with Crippen molar-refractivity contribution in [2.75, 3.05) is 51.1 Å². The summed E-state index contributed by atoms with van der Waals surface area (Å²) >= 11 is 0. The van der Waals surface area contributed by atoms with Gasteiger partial charge >= 0.3 is 0 Å². The lowest BCUT2D eigenvalue weighted by atomic mass is 10.1. The summed E-state index contributed by atoms with van der Waals surface area (Å²) in [6, 6.07) is 17.3. The minimum Gasteiger partial charge on any atom is -0.353 e. The first-order valence-corrected chi connectivity index (χ1v) is 12.5. The van der Waals surface area contributed by atoms with E-state index in [1.165, 1.54) is 11.1 Å². The van der Waals surface area contributed by atoms with Crippen LogP contribution in [0.1, 0.15) is 24.5 Å². The highest BCUT2D eigenvalue weighted by Gasteiger charge is 2.35. The van der Waals surface area contributed by atoms with Crippen molar-refractivity contribution in [2.45, 2.75) is 32.4 Å². The van der Waals surface area contributed by atoms with Crippen LogP contribution in [0.2, 0.25) is 0 Å². The van der Waals surface area contributed by atoms with Gasteiger partial charge in [-0.25, -0.2) is 0 Å². The maximum atomic E-state index is 13.2. The molecule has 0 spiro atoms. The Hall–Kier alpha value is -3.23. The van der Waals surface area contributed by atoms with Crippen LogP contribution in [0, 0.1) is 0 Å². The van der Waals surface area contributed by atoms with Crippen LogP contribution in [-0.2, 0) is 27.3 Å². The molecule has 35 heavy (non-hydrogen) atoms. The highest BCUT2D eigenvalue weighted by molar-refractivity contribution is 5.97. The molecule has 2 fully saturated rings. The topological polar surface area (TPSA) is 85.0 Å². The smallest absolute Gasteiger partial charge is 0.243 e. The summed E-state index contributed by atoms with van der Waals surface area (Å²) in [5.41, 5.74) is 3.17. The molecule has 0 bridgehead atoms. The monoisotopic (exact) mass is 477 g/mol. The second-order valence-electron chi connectivity index (χ2n) is 9.23. The van der Waals surface area contributed by atoms with Gasteiger partial charge in [0.2, 0.25) is 17.7 Å². The van der Waals surface area contributed by atoms with E-state index >= 15 is 0 Å². The van der Waals surface area contributed by atoms with Crippen molar-refractivity contribution in [2.24, 2.45) is 0 Å². The molecule has 8 heteroatoms. The average Bonchev–Trinajstić information content (AvgIpc) is 2.87. The molecule has 2 aliphatic heterocycles. The fourth-order valence-corrected chi connectivity index (χ4v) is 4.66. The van der Waals surface area contributed by atoms with Crippen LogP contribution in [0.3, 0.4) is 0 Å².